The number of aromatic nitrogens is 1. The first-order chi connectivity index (χ1) is 18.4. The Morgan fingerprint density at radius 1 is 1.03 bits per heavy atom. The summed E-state index contributed by atoms with van der Waals surface area (Å²) in [6, 6.07) is 8.01. The summed E-state index contributed by atoms with van der Waals surface area (Å²) in [4.78, 5) is 41.0. The normalized spacial score (nSPS) is 16.8. The molecule has 2 aliphatic heterocycles. The number of rotatable bonds is 8. The summed E-state index contributed by atoms with van der Waals surface area (Å²) >= 11 is 1.86. The van der Waals surface area contributed by atoms with Crippen molar-refractivity contribution in [1.82, 2.24) is 19.7 Å². The number of nitriles is 1. The van der Waals surface area contributed by atoms with Crippen LogP contribution >= 0.6 is 11.3 Å². The van der Waals surface area contributed by atoms with E-state index in [1.807, 2.05) is 16.2 Å². The first-order valence-electron chi connectivity index (χ1n) is 13.1. The van der Waals surface area contributed by atoms with Gasteiger partial charge in [0.15, 0.2) is 0 Å². The molecule has 2 saturated heterocycles. The van der Waals surface area contributed by atoms with E-state index in [1.165, 1.54) is 9.75 Å². The number of anilines is 1. The van der Waals surface area contributed by atoms with E-state index in [1.54, 1.807) is 24.8 Å². The van der Waals surface area contributed by atoms with Crippen LogP contribution in [0.5, 0.6) is 0 Å². The fraction of sp³-hybridized carbons (Fsp3) is 0.556. The lowest BCUT2D eigenvalue weighted by Gasteiger charge is -2.36. The van der Waals surface area contributed by atoms with Gasteiger partial charge in [-0.05, 0) is 39.0 Å². The van der Waals surface area contributed by atoms with Crippen LogP contribution in [0.3, 0.4) is 0 Å². The molecule has 0 unspecified atom stereocenters. The monoisotopic (exact) mass is 540 g/mol. The van der Waals surface area contributed by atoms with Crippen molar-refractivity contribution < 1.29 is 19.1 Å². The van der Waals surface area contributed by atoms with Crippen molar-refractivity contribution in [3.05, 3.63) is 44.8 Å². The Hall–Kier alpha value is -3.20. The molecule has 2 aromatic rings. The summed E-state index contributed by atoms with van der Waals surface area (Å²) in [7, 11) is 0. The van der Waals surface area contributed by atoms with Gasteiger partial charge >= 0.3 is 12.1 Å². The van der Waals surface area contributed by atoms with Crippen LogP contribution in [0.15, 0.2) is 18.2 Å². The molecule has 10 nitrogen and oxygen atoms in total. The van der Waals surface area contributed by atoms with Gasteiger partial charge in [0.25, 0.3) is 0 Å². The van der Waals surface area contributed by atoms with Gasteiger partial charge in [-0.15, -0.1) is 11.3 Å². The van der Waals surface area contributed by atoms with Crippen molar-refractivity contribution in [3.63, 3.8) is 0 Å². The molecule has 2 fully saturated rings. The zero-order valence-corrected chi connectivity index (χ0v) is 23.3. The minimum atomic E-state index is -0.504. The van der Waals surface area contributed by atoms with E-state index in [-0.39, 0.29) is 18.3 Å². The van der Waals surface area contributed by atoms with Crippen molar-refractivity contribution >= 4 is 29.2 Å². The molecule has 11 heteroatoms. The topological polar surface area (TPSA) is 102 Å². The number of carbonyl (C=O) groups is 2. The fourth-order valence-corrected chi connectivity index (χ4v) is 5.65. The third-order valence-electron chi connectivity index (χ3n) is 6.92. The second-order valence-corrected chi connectivity index (χ2v) is 10.9. The number of hydrogen-bond acceptors (Lipinski definition) is 10. The Kier molecular flexibility index (Phi) is 9.55. The molecule has 0 bridgehead atoms. The molecule has 204 valence electrons. The van der Waals surface area contributed by atoms with Gasteiger partial charge in [-0.3, -0.25) is 9.80 Å². The molecule has 0 radical (unpaired) electrons. The summed E-state index contributed by atoms with van der Waals surface area (Å²) in [5.74, 6) is -0.0166. The van der Waals surface area contributed by atoms with Crippen LogP contribution in [0.2, 0.25) is 0 Å². The molecule has 2 aromatic heterocycles. The van der Waals surface area contributed by atoms with E-state index < -0.39 is 5.97 Å². The molecule has 2 aliphatic rings. The standard InChI is InChI=1S/C27H36N6O4S/c1-4-36-26(34)24-17-22(18-28)21(3)29-25(24)32-11-13-33(14-12-32)27(35)37-16-15-30-7-9-31(10-8-30)19-23-6-5-20(2)38-23/h5-6,17H,4,7-16,19H2,1-3H3. The SMILES string of the molecule is CCOC(=O)c1cc(C#N)c(C)nc1N1CCN(C(=O)OCCN2CCN(Cc3ccc(C)s3)CC2)CC1. The van der Waals surface area contributed by atoms with Crippen molar-refractivity contribution in [2.45, 2.75) is 27.3 Å². The third-order valence-corrected chi connectivity index (χ3v) is 7.91. The number of ether oxygens (including phenoxy) is 2. The molecule has 38 heavy (non-hydrogen) atoms. The summed E-state index contributed by atoms with van der Waals surface area (Å²) in [5, 5.41) is 9.35. The summed E-state index contributed by atoms with van der Waals surface area (Å²) in [6.07, 6.45) is -0.314. The van der Waals surface area contributed by atoms with E-state index in [2.05, 4.69) is 39.9 Å². The second kappa shape index (κ2) is 13.0. The van der Waals surface area contributed by atoms with Crippen molar-refractivity contribution in [1.29, 1.82) is 5.26 Å². The maximum Gasteiger partial charge on any atom is 0.409 e. The third kappa shape index (κ3) is 7.01. The fourth-order valence-electron chi connectivity index (χ4n) is 4.72. The largest absolute Gasteiger partial charge is 0.462 e. The van der Waals surface area contributed by atoms with Gasteiger partial charge in [-0.25, -0.2) is 14.6 Å². The second-order valence-electron chi connectivity index (χ2n) is 9.54. The number of esters is 1. The van der Waals surface area contributed by atoms with Crippen LogP contribution in [0, 0.1) is 25.2 Å². The van der Waals surface area contributed by atoms with E-state index in [0.717, 1.165) is 39.3 Å². The Morgan fingerprint density at radius 3 is 2.37 bits per heavy atom. The van der Waals surface area contributed by atoms with Crippen molar-refractivity contribution in [3.8, 4) is 6.07 Å². The molecule has 0 aromatic carbocycles. The Labute approximate surface area is 228 Å². The van der Waals surface area contributed by atoms with Crippen LogP contribution < -0.4 is 4.90 Å². The highest BCUT2D eigenvalue weighted by molar-refractivity contribution is 7.11. The lowest BCUT2D eigenvalue weighted by Crippen LogP contribution is -2.50. The number of amides is 1. The molecule has 0 N–H and O–H groups in total. The average molecular weight is 541 g/mol. The Morgan fingerprint density at radius 2 is 1.74 bits per heavy atom. The van der Waals surface area contributed by atoms with Crippen molar-refractivity contribution in [2.24, 2.45) is 0 Å². The maximum absolute atomic E-state index is 12.7. The number of piperazine rings is 2. The molecule has 4 heterocycles. The number of nitrogens with zero attached hydrogens (tertiary/aromatic N) is 6. The number of pyridine rings is 1. The summed E-state index contributed by atoms with van der Waals surface area (Å²) < 4.78 is 10.8. The Balaban J connectivity index is 1.21. The van der Waals surface area contributed by atoms with E-state index in [9.17, 15) is 14.9 Å². The van der Waals surface area contributed by atoms with Gasteiger partial charge in [0.2, 0.25) is 0 Å². The van der Waals surface area contributed by atoms with E-state index >= 15 is 0 Å². The molecule has 1 amide bonds. The van der Waals surface area contributed by atoms with Crippen LogP contribution in [0.1, 0.15) is 38.3 Å². The number of thiophene rings is 1. The number of carbonyl (C=O) groups excluding carboxylic acids is 2. The Bertz CT molecular complexity index is 1160. The number of aryl methyl sites for hydroxylation is 2. The quantitative estimate of drug-likeness (QED) is 0.468. The molecule has 4 rings (SSSR count). The summed E-state index contributed by atoms with van der Waals surface area (Å²) in [6.45, 7) is 13.9. The smallest absolute Gasteiger partial charge is 0.409 e. The van der Waals surface area contributed by atoms with Crippen LogP contribution in [0.4, 0.5) is 10.6 Å². The maximum atomic E-state index is 12.7. The first-order valence-corrected chi connectivity index (χ1v) is 13.9. The lowest BCUT2D eigenvalue weighted by atomic mass is 10.1. The predicted molar refractivity (Wildman–Crippen MR) is 146 cm³/mol. The minimum Gasteiger partial charge on any atom is -0.462 e. The minimum absolute atomic E-state index is 0.234. The zero-order chi connectivity index (χ0) is 27.1. The molecular formula is C27H36N6O4S. The molecule has 0 saturated carbocycles. The van der Waals surface area contributed by atoms with Gasteiger partial charge in [-0.2, -0.15) is 5.26 Å². The highest BCUT2D eigenvalue weighted by Gasteiger charge is 2.27. The highest BCUT2D eigenvalue weighted by atomic mass is 32.1. The van der Waals surface area contributed by atoms with Crippen molar-refractivity contribution in [2.75, 3.05) is 77.0 Å². The predicted octanol–water partition coefficient (Wildman–Crippen LogP) is 2.88. The van der Waals surface area contributed by atoms with E-state index in [4.69, 9.17) is 9.47 Å². The zero-order valence-electron chi connectivity index (χ0n) is 22.4. The average Bonchev–Trinajstić information content (AvgIpc) is 3.33. The van der Waals surface area contributed by atoms with Gasteiger partial charge in [-0.1, -0.05) is 0 Å². The molecular weight excluding hydrogens is 504 g/mol. The van der Waals surface area contributed by atoms with Crippen LogP contribution in [0.25, 0.3) is 0 Å². The van der Waals surface area contributed by atoms with Gasteiger partial charge < -0.3 is 19.3 Å². The van der Waals surface area contributed by atoms with E-state index in [0.29, 0.717) is 49.9 Å². The number of hydrogen-bond donors (Lipinski definition) is 0. The van der Waals surface area contributed by atoms with Crippen LogP contribution in [-0.4, -0.2) is 104 Å². The van der Waals surface area contributed by atoms with Gasteiger partial charge in [0, 0.05) is 75.2 Å². The molecule has 0 aliphatic carbocycles. The van der Waals surface area contributed by atoms with Gasteiger partial charge in [0.05, 0.1) is 17.9 Å². The lowest BCUT2D eigenvalue weighted by molar-refractivity contribution is 0.0525. The first kappa shape index (κ1) is 27.8. The highest BCUT2D eigenvalue weighted by Crippen LogP contribution is 2.24. The van der Waals surface area contributed by atoms with Gasteiger partial charge in [0.1, 0.15) is 24.1 Å². The summed E-state index contributed by atoms with van der Waals surface area (Å²) in [5.41, 5.74) is 1.17. The molecule has 0 atom stereocenters. The van der Waals surface area contributed by atoms with Crippen LogP contribution in [-0.2, 0) is 16.0 Å². The molecule has 0 spiro atoms.